The van der Waals surface area contributed by atoms with Crippen LogP contribution in [-0.4, -0.2) is 5.97 Å². The highest BCUT2D eigenvalue weighted by Gasteiger charge is 2.12. The summed E-state index contributed by atoms with van der Waals surface area (Å²) in [6, 6.07) is 28.3. The van der Waals surface area contributed by atoms with Gasteiger partial charge in [0.15, 0.2) is 24.8 Å². The van der Waals surface area contributed by atoms with Crippen molar-refractivity contribution < 1.29 is 18.7 Å². The van der Waals surface area contributed by atoms with E-state index in [0.29, 0.717) is 13.0 Å². The van der Waals surface area contributed by atoms with Crippen LogP contribution < -0.4 is 9.13 Å². The number of carbonyl (C=O) groups is 1. The molecular weight excluding hydrogens is 588 g/mol. The maximum Gasteiger partial charge on any atom is 0.306 e. The normalized spacial score (nSPS) is 11.6. The zero-order valence-electron chi connectivity index (χ0n) is 28.8. The molecular formula is C44H52N2O2+2. The molecule has 0 saturated carbocycles. The Morgan fingerprint density at radius 1 is 0.542 bits per heavy atom. The lowest BCUT2D eigenvalue weighted by Gasteiger charge is -2.14. The van der Waals surface area contributed by atoms with Crippen LogP contribution in [0.3, 0.4) is 0 Å². The second-order valence-electron chi connectivity index (χ2n) is 13.7. The molecule has 0 spiro atoms. The van der Waals surface area contributed by atoms with E-state index in [-0.39, 0.29) is 5.97 Å². The average molecular weight is 641 g/mol. The molecule has 0 aliphatic carbocycles. The first-order valence-corrected chi connectivity index (χ1v) is 18.4. The predicted molar refractivity (Wildman–Crippen MR) is 198 cm³/mol. The summed E-state index contributed by atoms with van der Waals surface area (Å²) in [7, 11) is 2.05. The number of carbonyl (C=O) groups excluding carboxylic acids is 1. The number of esters is 1. The Kier molecular flexibility index (Phi) is 12.0. The standard InChI is InChI=1S/C44H52N2O2/c1-45-30-25-35(26-31-45)36-27-32-46(33-28-36)29-14-12-10-8-6-4-2-3-5-7-9-11-13-18-42(47)48-34-40-22-21-39-20-19-37-16-15-17-38-23-24-41(40)44(39)43(37)38/h15-17,19-28,30-33H,2-14,18,29,34H2,1H3/q+2. The largest absolute Gasteiger partial charge is 0.461 e. The van der Waals surface area contributed by atoms with Gasteiger partial charge in [0.1, 0.15) is 20.2 Å². The van der Waals surface area contributed by atoms with E-state index in [9.17, 15) is 4.79 Å². The van der Waals surface area contributed by atoms with E-state index in [0.717, 1.165) is 24.9 Å². The zero-order chi connectivity index (χ0) is 33.0. The van der Waals surface area contributed by atoms with E-state index in [4.69, 9.17) is 4.74 Å². The monoisotopic (exact) mass is 640 g/mol. The molecule has 0 amide bonds. The highest BCUT2D eigenvalue weighted by molar-refractivity contribution is 6.23. The Balaban J connectivity index is 0.755. The average Bonchev–Trinajstić information content (AvgIpc) is 3.12. The molecule has 4 aromatic carbocycles. The Labute approximate surface area is 286 Å². The molecule has 0 saturated heterocycles. The lowest BCUT2D eigenvalue weighted by atomic mass is 9.92. The van der Waals surface area contributed by atoms with Gasteiger partial charge < -0.3 is 4.74 Å². The van der Waals surface area contributed by atoms with Crippen LogP contribution in [0.2, 0.25) is 0 Å². The van der Waals surface area contributed by atoms with E-state index in [2.05, 4.69) is 113 Å². The number of pyridine rings is 2. The van der Waals surface area contributed by atoms with Crippen molar-refractivity contribution in [3.05, 3.63) is 109 Å². The van der Waals surface area contributed by atoms with Gasteiger partial charge in [-0.3, -0.25) is 4.79 Å². The second-order valence-corrected chi connectivity index (χ2v) is 13.7. The van der Waals surface area contributed by atoms with E-state index in [1.807, 2.05) is 7.05 Å². The van der Waals surface area contributed by atoms with Crippen molar-refractivity contribution in [2.45, 2.75) is 103 Å². The number of aryl methyl sites for hydroxylation is 2. The number of hydrogen-bond donors (Lipinski definition) is 0. The van der Waals surface area contributed by atoms with Gasteiger partial charge in [-0.05, 0) is 61.8 Å². The fraction of sp³-hybridized carbons (Fsp3) is 0.386. The third-order valence-corrected chi connectivity index (χ3v) is 10.0. The Morgan fingerprint density at radius 2 is 1.04 bits per heavy atom. The van der Waals surface area contributed by atoms with Crippen LogP contribution in [-0.2, 0) is 29.7 Å². The lowest BCUT2D eigenvalue weighted by molar-refractivity contribution is -0.697. The molecule has 6 rings (SSSR count). The molecule has 2 heterocycles. The summed E-state index contributed by atoms with van der Waals surface area (Å²) in [6.45, 7) is 1.45. The van der Waals surface area contributed by atoms with Gasteiger partial charge in [-0.15, -0.1) is 0 Å². The summed E-state index contributed by atoms with van der Waals surface area (Å²) in [6.07, 6.45) is 25.7. The van der Waals surface area contributed by atoms with Crippen molar-refractivity contribution in [3.63, 3.8) is 0 Å². The minimum Gasteiger partial charge on any atom is -0.461 e. The first-order valence-electron chi connectivity index (χ1n) is 18.4. The summed E-state index contributed by atoms with van der Waals surface area (Å²) in [4.78, 5) is 12.5. The first kappa shape index (κ1) is 33.6. The molecule has 4 nitrogen and oxygen atoms in total. The Morgan fingerprint density at radius 3 is 1.67 bits per heavy atom. The molecule has 2 aromatic heterocycles. The van der Waals surface area contributed by atoms with Crippen molar-refractivity contribution in [2.24, 2.45) is 7.05 Å². The quantitative estimate of drug-likeness (QED) is 0.0382. The van der Waals surface area contributed by atoms with Crippen LogP contribution in [0.25, 0.3) is 43.4 Å². The molecule has 0 atom stereocenters. The minimum atomic E-state index is -0.0774. The van der Waals surface area contributed by atoms with Gasteiger partial charge in [0.25, 0.3) is 0 Å². The summed E-state index contributed by atoms with van der Waals surface area (Å²) < 4.78 is 10.1. The number of hydrogen-bond acceptors (Lipinski definition) is 2. The van der Waals surface area contributed by atoms with Crippen LogP contribution in [0.1, 0.15) is 95.5 Å². The first-order chi connectivity index (χ1) is 23.7. The zero-order valence-corrected chi connectivity index (χ0v) is 28.8. The molecule has 0 unspecified atom stereocenters. The SMILES string of the molecule is C[n+]1ccc(-c2cc[n+](CCCCCCCCCCCCCCCC(=O)OCc3ccc4ccc5cccc6ccc3c4c56)cc2)cc1. The molecule has 6 aromatic rings. The summed E-state index contributed by atoms with van der Waals surface area (Å²) in [5.41, 5.74) is 3.63. The van der Waals surface area contributed by atoms with Gasteiger partial charge in [-0.1, -0.05) is 119 Å². The molecule has 0 N–H and O–H groups in total. The van der Waals surface area contributed by atoms with Crippen LogP contribution in [0.4, 0.5) is 0 Å². The van der Waals surface area contributed by atoms with Gasteiger partial charge in [-0.25, -0.2) is 9.13 Å². The molecule has 0 aliphatic heterocycles. The van der Waals surface area contributed by atoms with Crippen molar-refractivity contribution in [1.29, 1.82) is 0 Å². The topological polar surface area (TPSA) is 34.1 Å². The smallest absolute Gasteiger partial charge is 0.306 e. The fourth-order valence-electron chi connectivity index (χ4n) is 7.15. The van der Waals surface area contributed by atoms with Gasteiger partial charge in [-0.2, -0.15) is 0 Å². The van der Waals surface area contributed by atoms with E-state index in [1.54, 1.807) is 0 Å². The lowest BCUT2D eigenvalue weighted by Crippen LogP contribution is -2.32. The van der Waals surface area contributed by atoms with Gasteiger partial charge in [0.05, 0.1) is 0 Å². The molecule has 0 radical (unpaired) electrons. The summed E-state index contributed by atoms with van der Waals surface area (Å²) in [5, 5.41) is 7.52. The van der Waals surface area contributed by atoms with Crippen LogP contribution >= 0.6 is 0 Å². The number of aromatic nitrogens is 2. The van der Waals surface area contributed by atoms with Gasteiger partial charge >= 0.3 is 5.97 Å². The summed E-state index contributed by atoms with van der Waals surface area (Å²) >= 11 is 0. The third kappa shape index (κ3) is 8.98. The summed E-state index contributed by atoms with van der Waals surface area (Å²) in [5.74, 6) is -0.0774. The van der Waals surface area contributed by atoms with Crippen LogP contribution in [0.5, 0.6) is 0 Å². The maximum atomic E-state index is 12.5. The maximum absolute atomic E-state index is 12.5. The van der Waals surface area contributed by atoms with Crippen LogP contribution in [0.15, 0.2) is 104 Å². The molecule has 4 heteroatoms. The molecule has 48 heavy (non-hydrogen) atoms. The highest BCUT2D eigenvalue weighted by atomic mass is 16.5. The van der Waals surface area contributed by atoms with Crippen molar-refractivity contribution in [2.75, 3.05) is 0 Å². The van der Waals surface area contributed by atoms with Gasteiger partial charge in [0, 0.05) is 37.1 Å². The molecule has 0 bridgehead atoms. The van der Waals surface area contributed by atoms with E-state index >= 15 is 0 Å². The van der Waals surface area contributed by atoms with E-state index in [1.165, 1.54) is 114 Å². The minimum absolute atomic E-state index is 0.0774. The van der Waals surface area contributed by atoms with E-state index < -0.39 is 0 Å². The number of benzene rings is 4. The number of ether oxygens (including phenoxy) is 1. The molecule has 0 aliphatic rings. The van der Waals surface area contributed by atoms with Gasteiger partial charge in [0.2, 0.25) is 0 Å². The Bertz CT molecular complexity index is 1860. The van der Waals surface area contributed by atoms with Crippen LogP contribution in [0, 0.1) is 0 Å². The number of unbranched alkanes of at least 4 members (excludes halogenated alkanes) is 12. The predicted octanol–water partition coefficient (Wildman–Crippen LogP) is 10.6. The number of nitrogens with zero attached hydrogens (tertiary/aromatic N) is 2. The number of rotatable bonds is 19. The van der Waals surface area contributed by atoms with Crippen molar-refractivity contribution in [1.82, 2.24) is 0 Å². The Hall–Kier alpha value is -4.31. The van der Waals surface area contributed by atoms with Crippen molar-refractivity contribution >= 4 is 38.3 Å². The molecule has 248 valence electrons. The van der Waals surface area contributed by atoms with Crippen molar-refractivity contribution in [3.8, 4) is 11.1 Å². The highest BCUT2D eigenvalue weighted by Crippen LogP contribution is 2.36. The fourth-order valence-corrected chi connectivity index (χ4v) is 7.15. The molecule has 0 fully saturated rings. The second kappa shape index (κ2) is 17.2. The third-order valence-electron chi connectivity index (χ3n) is 10.0.